The van der Waals surface area contributed by atoms with E-state index >= 15 is 0 Å². The fraction of sp³-hybridized carbons (Fsp3) is 0.964. The largest absolute Gasteiger partial charge is 0.466 e. The van der Waals surface area contributed by atoms with E-state index in [1.807, 2.05) is 0 Å². The smallest absolute Gasteiger partial charge is 0.305 e. The maximum Gasteiger partial charge on any atom is 0.305 e. The molecule has 0 heterocycles. The summed E-state index contributed by atoms with van der Waals surface area (Å²) < 4.78 is 5.44. The van der Waals surface area contributed by atoms with Gasteiger partial charge in [-0.1, -0.05) is 284 Å². The van der Waals surface area contributed by atoms with Crippen LogP contribution in [0, 0.1) is 0 Å². The van der Waals surface area contributed by atoms with Gasteiger partial charge < -0.3 is 20.3 Å². The van der Waals surface area contributed by atoms with E-state index in [-0.39, 0.29) is 18.5 Å². The molecule has 0 saturated heterocycles. The average Bonchev–Trinajstić information content (AvgIpc) is 3.27. The van der Waals surface area contributed by atoms with Gasteiger partial charge in [-0.15, -0.1) is 0 Å². The van der Waals surface area contributed by atoms with Gasteiger partial charge in [0.15, 0.2) is 0 Å². The van der Waals surface area contributed by atoms with E-state index in [9.17, 15) is 19.8 Å². The van der Waals surface area contributed by atoms with Crippen molar-refractivity contribution in [2.45, 2.75) is 334 Å². The van der Waals surface area contributed by atoms with E-state index in [1.54, 1.807) is 0 Å². The van der Waals surface area contributed by atoms with Crippen molar-refractivity contribution in [3.63, 3.8) is 0 Å². The lowest BCUT2D eigenvalue weighted by atomic mass is 10.0. The Labute approximate surface area is 387 Å². The molecule has 0 bridgehead atoms. The second-order valence-electron chi connectivity index (χ2n) is 19.6. The molecule has 370 valence electrons. The van der Waals surface area contributed by atoms with Gasteiger partial charge in [0, 0.05) is 12.8 Å². The van der Waals surface area contributed by atoms with Gasteiger partial charge >= 0.3 is 5.97 Å². The minimum atomic E-state index is -0.678. The highest BCUT2D eigenvalue weighted by atomic mass is 16.5. The van der Waals surface area contributed by atoms with Gasteiger partial charge in [-0.2, -0.15) is 0 Å². The van der Waals surface area contributed by atoms with Gasteiger partial charge in [-0.3, -0.25) is 9.59 Å². The fourth-order valence-corrected chi connectivity index (χ4v) is 9.05. The van der Waals surface area contributed by atoms with E-state index in [0.29, 0.717) is 25.9 Å². The summed E-state index contributed by atoms with van der Waals surface area (Å²) in [6, 6.07) is -0.557. The number of hydrogen-bond donors (Lipinski definition) is 3. The normalized spacial score (nSPS) is 12.5. The van der Waals surface area contributed by atoms with Crippen molar-refractivity contribution in [2.75, 3.05) is 13.2 Å². The molecule has 0 saturated carbocycles. The van der Waals surface area contributed by atoms with Gasteiger partial charge in [-0.05, 0) is 25.7 Å². The van der Waals surface area contributed by atoms with Crippen LogP contribution in [-0.2, 0) is 14.3 Å². The Kier molecular flexibility index (Phi) is 51.5. The number of amides is 1. The third-order valence-electron chi connectivity index (χ3n) is 13.4. The van der Waals surface area contributed by atoms with Crippen molar-refractivity contribution in [1.29, 1.82) is 0 Å². The van der Waals surface area contributed by atoms with Crippen LogP contribution in [-0.4, -0.2) is 47.4 Å². The van der Waals surface area contributed by atoms with Crippen LogP contribution in [0.3, 0.4) is 0 Å². The minimum absolute atomic E-state index is 0.0176. The van der Waals surface area contributed by atoms with Crippen LogP contribution in [0.1, 0.15) is 322 Å². The van der Waals surface area contributed by atoms with Crippen LogP contribution in [0.5, 0.6) is 0 Å². The van der Waals surface area contributed by atoms with Gasteiger partial charge in [0.05, 0.1) is 25.4 Å². The van der Waals surface area contributed by atoms with Crippen molar-refractivity contribution in [1.82, 2.24) is 5.32 Å². The SMILES string of the molecule is CCCCCCCCCCCCCCCCCCCCCCCCCCC(O)C(CO)NC(=O)CCCCCCCCCCCCOC(=O)CCCCCCCCCCCCC. The standard InChI is InChI=1S/C56H111NO5/c1-3-5-7-9-11-13-15-16-17-18-19-20-21-22-23-24-25-26-27-29-32-36-40-44-48-54(59)53(52-58)57-55(60)49-45-41-37-33-30-31-35-39-43-47-51-62-56(61)50-46-42-38-34-28-14-12-10-8-6-4-2/h53-54,58-59H,3-52H2,1-2H3,(H,57,60). The summed E-state index contributed by atoms with van der Waals surface area (Å²) >= 11 is 0. The van der Waals surface area contributed by atoms with Crippen molar-refractivity contribution in [3.05, 3.63) is 0 Å². The Morgan fingerprint density at radius 1 is 0.387 bits per heavy atom. The molecule has 3 N–H and O–H groups in total. The maximum absolute atomic E-state index is 12.5. The maximum atomic E-state index is 12.5. The molecular formula is C56H111NO5. The number of hydrogen-bond acceptors (Lipinski definition) is 5. The van der Waals surface area contributed by atoms with Crippen LogP contribution >= 0.6 is 0 Å². The first-order chi connectivity index (χ1) is 30.5. The molecule has 0 rings (SSSR count). The Bertz CT molecular complexity index is 882. The molecule has 0 aromatic carbocycles. The number of rotatable bonds is 53. The summed E-state index contributed by atoms with van der Waals surface area (Å²) in [4.78, 5) is 24.5. The van der Waals surface area contributed by atoms with E-state index < -0.39 is 12.1 Å². The van der Waals surface area contributed by atoms with E-state index in [1.165, 1.54) is 231 Å². The van der Waals surface area contributed by atoms with Gasteiger partial charge in [0.2, 0.25) is 5.91 Å². The molecule has 0 aliphatic carbocycles. The summed E-state index contributed by atoms with van der Waals surface area (Å²) in [6.45, 7) is 4.92. The monoisotopic (exact) mass is 878 g/mol. The van der Waals surface area contributed by atoms with Crippen molar-refractivity contribution >= 4 is 11.9 Å². The molecule has 6 nitrogen and oxygen atoms in total. The predicted molar refractivity (Wildman–Crippen MR) is 269 cm³/mol. The molecule has 2 unspecified atom stereocenters. The van der Waals surface area contributed by atoms with Crippen molar-refractivity contribution in [2.24, 2.45) is 0 Å². The number of esters is 1. The van der Waals surface area contributed by atoms with E-state index in [0.717, 1.165) is 57.8 Å². The highest BCUT2D eigenvalue weighted by Gasteiger charge is 2.20. The summed E-state index contributed by atoms with van der Waals surface area (Å²) in [5.41, 5.74) is 0. The van der Waals surface area contributed by atoms with E-state index in [2.05, 4.69) is 19.2 Å². The number of nitrogens with one attached hydrogen (secondary N) is 1. The lowest BCUT2D eigenvalue weighted by molar-refractivity contribution is -0.143. The molecular weight excluding hydrogens is 767 g/mol. The number of ether oxygens (including phenoxy) is 1. The predicted octanol–water partition coefficient (Wildman–Crippen LogP) is 17.1. The third kappa shape index (κ3) is 48.3. The van der Waals surface area contributed by atoms with E-state index in [4.69, 9.17) is 4.74 Å². The second kappa shape index (κ2) is 52.5. The fourth-order valence-electron chi connectivity index (χ4n) is 9.05. The highest BCUT2D eigenvalue weighted by molar-refractivity contribution is 5.76. The highest BCUT2D eigenvalue weighted by Crippen LogP contribution is 2.18. The Hall–Kier alpha value is -1.14. The van der Waals surface area contributed by atoms with Gasteiger partial charge in [-0.25, -0.2) is 0 Å². The minimum Gasteiger partial charge on any atom is -0.466 e. The summed E-state index contributed by atoms with van der Waals surface area (Å²) in [6.07, 6.45) is 59.5. The van der Waals surface area contributed by atoms with Crippen LogP contribution in [0.4, 0.5) is 0 Å². The molecule has 0 aliphatic rings. The van der Waals surface area contributed by atoms with Crippen LogP contribution < -0.4 is 5.32 Å². The van der Waals surface area contributed by atoms with Gasteiger partial charge in [0.1, 0.15) is 0 Å². The van der Waals surface area contributed by atoms with Gasteiger partial charge in [0.25, 0.3) is 0 Å². The molecule has 0 aromatic rings. The molecule has 0 radical (unpaired) electrons. The topological polar surface area (TPSA) is 95.9 Å². The summed E-state index contributed by atoms with van der Waals surface area (Å²) in [5.74, 6) is -0.0709. The Morgan fingerprint density at radius 3 is 0.984 bits per heavy atom. The molecule has 1 amide bonds. The number of aliphatic hydroxyl groups is 2. The lowest BCUT2D eigenvalue weighted by Crippen LogP contribution is -2.45. The summed E-state index contributed by atoms with van der Waals surface area (Å²) in [5, 5.41) is 23.3. The molecule has 0 aliphatic heterocycles. The quantitative estimate of drug-likeness (QED) is 0.0418. The Balaban J connectivity index is 3.45. The molecule has 62 heavy (non-hydrogen) atoms. The number of carbonyl (C=O) groups excluding carboxylic acids is 2. The Morgan fingerprint density at radius 2 is 0.661 bits per heavy atom. The second-order valence-corrected chi connectivity index (χ2v) is 19.6. The zero-order valence-corrected chi connectivity index (χ0v) is 42.1. The zero-order valence-electron chi connectivity index (χ0n) is 42.1. The first kappa shape index (κ1) is 60.9. The molecule has 0 spiro atoms. The first-order valence-electron chi connectivity index (χ1n) is 28.3. The lowest BCUT2D eigenvalue weighted by Gasteiger charge is -2.22. The van der Waals surface area contributed by atoms with Crippen molar-refractivity contribution < 1.29 is 24.5 Å². The average molecular weight is 879 g/mol. The molecule has 0 aromatic heterocycles. The zero-order chi connectivity index (χ0) is 45.1. The number of unbranched alkanes of at least 4 members (excludes halogenated alkanes) is 42. The van der Waals surface area contributed by atoms with Crippen LogP contribution in [0.15, 0.2) is 0 Å². The molecule has 6 heteroatoms. The molecule has 0 fully saturated rings. The van der Waals surface area contributed by atoms with Crippen molar-refractivity contribution in [3.8, 4) is 0 Å². The van der Waals surface area contributed by atoms with Crippen LogP contribution in [0.25, 0.3) is 0 Å². The third-order valence-corrected chi connectivity index (χ3v) is 13.4. The molecule has 2 atom stereocenters. The first-order valence-corrected chi connectivity index (χ1v) is 28.3. The number of carbonyl (C=O) groups is 2. The number of aliphatic hydroxyl groups excluding tert-OH is 2. The van der Waals surface area contributed by atoms with Crippen LogP contribution in [0.2, 0.25) is 0 Å². The summed E-state index contributed by atoms with van der Waals surface area (Å²) in [7, 11) is 0.